The van der Waals surface area contributed by atoms with E-state index >= 15 is 0 Å². The number of carbonyl (C=O) groups excluding carboxylic acids is 1. The van der Waals surface area contributed by atoms with Gasteiger partial charge in [-0.15, -0.1) is 11.3 Å². The zero-order valence-electron chi connectivity index (χ0n) is 9.80. The van der Waals surface area contributed by atoms with E-state index in [0.29, 0.717) is 5.82 Å². The number of aryl methyl sites for hydroxylation is 1. The van der Waals surface area contributed by atoms with Gasteiger partial charge >= 0.3 is 0 Å². The summed E-state index contributed by atoms with van der Waals surface area (Å²) in [4.78, 5) is 21.8. The molecule has 4 nitrogen and oxygen atoms in total. The molecule has 3 rings (SSSR count). The predicted molar refractivity (Wildman–Crippen MR) is 70.5 cm³/mol. The van der Waals surface area contributed by atoms with Crippen LogP contribution in [0.15, 0.2) is 29.9 Å². The van der Waals surface area contributed by atoms with Crippen LogP contribution in [0.25, 0.3) is 0 Å². The van der Waals surface area contributed by atoms with Gasteiger partial charge in [0.25, 0.3) is 0 Å². The SMILES string of the molecule is O=C(Nc1ccccn1)C1CCc2ncsc2C1. The highest BCUT2D eigenvalue weighted by Crippen LogP contribution is 2.28. The molecule has 0 spiro atoms. The molecule has 0 aromatic carbocycles. The minimum Gasteiger partial charge on any atom is -0.310 e. The van der Waals surface area contributed by atoms with E-state index in [1.807, 2.05) is 17.6 Å². The van der Waals surface area contributed by atoms with Crippen LogP contribution in [-0.2, 0) is 17.6 Å². The number of pyridine rings is 1. The van der Waals surface area contributed by atoms with Gasteiger partial charge < -0.3 is 5.32 Å². The smallest absolute Gasteiger partial charge is 0.229 e. The first kappa shape index (κ1) is 11.3. The highest BCUT2D eigenvalue weighted by molar-refractivity contribution is 7.09. The van der Waals surface area contributed by atoms with Gasteiger partial charge in [-0.1, -0.05) is 6.07 Å². The standard InChI is InChI=1S/C13H13N3OS/c17-13(16-12-3-1-2-6-14-12)9-4-5-10-11(7-9)18-8-15-10/h1-3,6,8-9H,4-5,7H2,(H,14,16,17). The van der Waals surface area contributed by atoms with E-state index in [2.05, 4.69) is 15.3 Å². The van der Waals surface area contributed by atoms with Crippen molar-refractivity contribution in [1.29, 1.82) is 0 Å². The summed E-state index contributed by atoms with van der Waals surface area (Å²) in [6.45, 7) is 0. The largest absolute Gasteiger partial charge is 0.310 e. The summed E-state index contributed by atoms with van der Waals surface area (Å²) in [6, 6.07) is 5.50. The molecule has 1 aliphatic rings. The summed E-state index contributed by atoms with van der Waals surface area (Å²) in [5, 5.41) is 2.87. The van der Waals surface area contributed by atoms with Crippen LogP contribution in [0.1, 0.15) is 17.0 Å². The van der Waals surface area contributed by atoms with E-state index in [4.69, 9.17) is 0 Å². The number of amides is 1. The van der Waals surface area contributed by atoms with Crippen LogP contribution >= 0.6 is 11.3 Å². The molecule has 2 aromatic rings. The van der Waals surface area contributed by atoms with E-state index in [-0.39, 0.29) is 11.8 Å². The van der Waals surface area contributed by atoms with E-state index in [9.17, 15) is 4.79 Å². The Labute approximate surface area is 109 Å². The Morgan fingerprint density at radius 3 is 3.17 bits per heavy atom. The number of nitrogens with zero attached hydrogens (tertiary/aromatic N) is 2. The van der Waals surface area contributed by atoms with E-state index in [1.54, 1.807) is 23.6 Å². The lowest BCUT2D eigenvalue weighted by Crippen LogP contribution is -2.28. The predicted octanol–water partition coefficient (Wildman–Crippen LogP) is 2.28. The van der Waals surface area contributed by atoms with E-state index in [0.717, 1.165) is 19.3 Å². The molecule has 1 unspecified atom stereocenters. The second-order valence-electron chi connectivity index (χ2n) is 4.37. The number of aromatic nitrogens is 2. The van der Waals surface area contributed by atoms with Crippen LogP contribution in [0.3, 0.4) is 0 Å². The van der Waals surface area contributed by atoms with Gasteiger partial charge in [-0.25, -0.2) is 9.97 Å². The molecular formula is C13H13N3OS. The molecule has 0 saturated carbocycles. The van der Waals surface area contributed by atoms with Crippen molar-refractivity contribution in [2.24, 2.45) is 5.92 Å². The fraction of sp³-hybridized carbons (Fsp3) is 0.308. The van der Waals surface area contributed by atoms with Crippen LogP contribution in [0, 0.1) is 5.92 Å². The Bertz CT molecular complexity index is 552. The lowest BCUT2D eigenvalue weighted by atomic mass is 9.90. The number of fused-ring (bicyclic) bond motifs is 1. The number of carbonyl (C=O) groups is 1. The van der Waals surface area contributed by atoms with Gasteiger partial charge in [0.15, 0.2) is 0 Å². The molecule has 1 aliphatic carbocycles. The number of hydrogen-bond acceptors (Lipinski definition) is 4. The van der Waals surface area contributed by atoms with Crippen molar-refractivity contribution in [3.8, 4) is 0 Å². The Hall–Kier alpha value is -1.75. The average molecular weight is 259 g/mol. The minimum absolute atomic E-state index is 0.0416. The lowest BCUT2D eigenvalue weighted by Gasteiger charge is -2.20. The molecule has 1 atom stereocenters. The van der Waals surface area contributed by atoms with Gasteiger partial charge in [0.1, 0.15) is 5.82 Å². The van der Waals surface area contributed by atoms with Crippen molar-refractivity contribution in [3.63, 3.8) is 0 Å². The lowest BCUT2D eigenvalue weighted by molar-refractivity contribution is -0.120. The van der Waals surface area contributed by atoms with E-state index in [1.165, 1.54) is 10.6 Å². The number of hydrogen-bond donors (Lipinski definition) is 1. The Kier molecular flexibility index (Phi) is 3.06. The zero-order valence-corrected chi connectivity index (χ0v) is 10.6. The van der Waals surface area contributed by atoms with Crippen LogP contribution < -0.4 is 5.32 Å². The minimum atomic E-state index is 0.0416. The summed E-state index contributed by atoms with van der Waals surface area (Å²) in [5.41, 5.74) is 3.03. The number of nitrogens with one attached hydrogen (secondary N) is 1. The Morgan fingerprint density at radius 1 is 1.39 bits per heavy atom. The normalized spacial score (nSPS) is 18.1. The molecule has 0 fully saturated rings. The van der Waals surface area contributed by atoms with Gasteiger partial charge in [0.2, 0.25) is 5.91 Å². The fourth-order valence-corrected chi connectivity index (χ4v) is 3.08. The zero-order chi connectivity index (χ0) is 12.4. The summed E-state index contributed by atoms with van der Waals surface area (Å²) in [6.07, 6.45) is 4.25. The van der Waals surface area contributed by atoms with Gasteiger partial charge in [-0.3, -0.25) is 4.79 Å². The third-order valence-electron chi connectivity index (χ3n) is 3.17. The molecule has 1 N–H and O–H groups in total. The third-order valence-corrected chi connectivity index (χ3v) is 4.07. The molecule has 0 saturated heterocycles. The first-order chi connectivity index (χ1) is 8.83. The highest BCUT2D eigenvalue weighted by atomic mass is 32.1. The quantitative estimate of drug-likeness (QED) is 0.900. The molecule has 2 aromatic heterocycles. The van der Waals surface area contributed by atoms with Crippen molar-refractivity contribution in [2.45, 2.75) is 19.3 Å². The first-order valence-corrected chi connectivity index (χ1v) is 6.84. The first-order valence-electron chi connectivity index (χ1n) is 5.96. The molecule has 1 amide bonds. The molecule has 92 valence electrons. The van der Waals surface area contributed by atoms with Crippen molar-refractivity contribution in [1.82, 2.24) is 9.97 Å². The second kappa shape index (κ2) is 4.86. The average Bonchev–Trinajstić information content (AvgIpc) is 2.87. The third kappa shape index (κ3) is 2.26. The number of thiazole rings is 1. The van der Waals surface area contributed by atoms with Crippen LogP contribution in [0.4, 0.5) is 5.82 Å². The maximum absolute atomic E-state index is 12.1. The Morgan fingerprint density at radius 2 is 2.33 bits per heavy atom. The van der Waals surface area contributed by atoms with Crippen LogP contribution in [0.2, 0.25) is 0 Å². The topological polar surface area (TPSA) is 54.9 Å². The molecule has 18 heavy (non-hydrogen) atoms. The molecule has 0 radical (unpaired) electrons. The molecule has 2 heterocycles. The van der Waals surface area contributed by atoms with Crippen LogP contribution in [-0.4, -0.2) is 15.9 Å². The summed E-state index contributed by atoms with van der Waals surface area (Å²) < 4.78 is 0. The molecular weight excluding hydrogens is 246 g/mol. The molecule has 0 bridgehead atoms. The van der Waals surface area contributed by atoms with Gasteiger partial charge in [0, 0.05) is 17.0 Å². The van der Waals surface area contributed by atoms with Gasteiger partial charge in [0.05, 0.1) is 11.2 Å². The summed E-state index contributed by atoms with van der Waals surface area (Å²) in [5.74, 6) is 0.727. The van der Waals surface area contributed by atoms with E-state index < -0.39 is 0 Å². The summed E-state index contributed by atoms with van der Waals surface area (Å²) >= 11 is 1.65. The van der Waals surface area contributed by atoms with Gasteiger partial charge in [-0.2, -0.15) is 0 Å². The van der Waals surface area contributed by atoms with Gasteiger partial charge in [-0.05, 0) is 31.4 Å². The number of anilines is 1. The maximum atomic E-state index is 12.1. The highest BCUT2D eigenvalue weighted by Gasteiger charge is 2.26. The monoisotopic (exact) mass is 259 g/mol. The fourth-order valence-electron chi connectivity index (χ4n) is 2.19. The second-order valence-corrected chi connectivity index (χ2v) is 5.31. The van der Waals surface area contributed by atoms with Crippen LogP contribution in [0.5, 0.6) is 0 Å². The van der Waals surface area contributed by atoms with Crippen molar-refractivity contribution >= 4 is 23.1 Å². The summed E-state index contributed by atoms with van der Waals surface area (Å²) in [7, 11) is 0. The Balaban J connectivity index is 1.68. The van der Waals surface area contributed by atoms with Crippen molar-refractivity contribution < 1.29 is 4.79 Å². The number of rotatable bonds is 2. The van der Waals surface area contributed by atoms with Crippen molar-refractivity contribution in [3.05, 3.63) is 40.5 Å². The van der Waals surface area contributed by atoms with Crippen molar-refractivity contribution in [2.75, 3.05) is 5.32 Å². The molecule has 5 heteroatoms. The molecule has 0 aliphatic heterocycles. The maximum Gasteiger partial charge on any atom is 0.229 e.